The fourth-order valence-corrected chi connectivity index (χ4v) is 2.35. The van der Waals surface area contributed by atoms with Crippen LogP contribution in [0.1, 0.15) is 48.4 Å². The van der Waals surface area contributed by atoms with Crippen molar-refractivity contribution in [1.82, 2.24) is 0 Å². The molecule has 0 fully saturated rings. The first-order valence-electron chi connectivity index (χ1n) is 9.21. The third kappa shape index (κ3) is 7.38. The summed E-state index contributed by atoms with van der Waals surface area (Å²) in [5.74, 6) is -1.32. The van der Waals surface area contributed by atoms with E-state index in [4.69, 9.17) is 9.47 Å². The molecule has 158 valence electrons. The normalized spacial score (nSPS) is 10.7. The quantitative estimate of drug-likeness (QED) is 0.547. The van der Waals surface area contributed by atoms with E-state index in [1.807, 2.05) is 0 Å². The fraction of sp³-hybridized carbons (Fsp3) is 0.273. The Bertz CT molecular complexity index is 945. The summed E-state index contributed by atoms with van der Waals surface area (Å²) < 4.78 is 10.2. The van der Waals surface area contributed by atoms with Crippen molar-refractivity contribution in [2.75, 3.05) is 17.2 Å². The molecule has 0 bridgehead atoms. The molecule has 2 amide bonds. The van der Waals surface area contributed by atoms with Gasteiger partial charge in [0.1, 0.15) is 5.60 Å². The molecule has 2 N–H and O–H groups in total. The number of ether oxygens (including phenoxy) is 2. The van der Waals surface area contributed by atoms with Crippen molar-refractivity contribution in [3.05, 3.63) is 59.7 Å². The number of ketones is 1. The van der Waals surface area contributed by atoms with Crippen molar-refractivity contribution in [3.63, 3.8) is 0 Å². The van der Waals surface area contributed by atoms with E-state index in [-0.39, 0.29) is 11.3 Å². The van der Waals surface area contributed by atoms with Gasteiger partial charge in [-0.25, -0.2) is 9.59 Å². The number of nitrogens with one attached hydrogen (secondary N) is 2. The summed E-state index contributed by atoms with van der Waals surface area (Å²) >= 11 is 0. The van der Waals surface area contributed by atoms with Gasteiger partial charge in [-0.3, -0.25) is 14.9 Å². The maximum Gasteiger partial charge on any atom is 0.412 e. The second-order valence-electron chi connectivity index (χ2n) is 7.47. The molecule has 0 aromatic heterocycles. The molecule has 8 nitrogen and oxygen atoms in total. The second kappa shape index (κ2) is 9.69. The van der Waals surface area contributed by atoms with Gasteiger partial charge >= 0.3 is 12.1 Å². The standard InChI is InChI=1S/C22H24N2O6/c1-14(25)15-8-10-17(11-9-15)23-19(26)13-29-20(27)16-6-5-7-18(12-16)24-21(28)30-22(2,3)4/h5-12H,13H2,1-4H3,(H,23,26)(H,24,28). The Balaban J connectivity index is 1.89. The van der Waals surface area contributed by atoms with Crippen LogP contribution in [0, 0.1) is 0 Å². The molecule has 0 unspecified atom stereocenters. The molecule has 0 atom stereocenters. The molecular weight excluding hydrogens is 388 g/mol. The first-order valence-corrected chi connectivity index (χ1v) is 9.21. The maximum atomic E-state index is 12.2. The maximum absolute atomic E-state index is 12.2. The van der Waals surface area contributed by atoms with E-state index in [9.17, 15) is 19.2 Å². The highest BCUT2D eigenvalue weighted by Gasteiger charge is 2.17. The van der Waals surface area contributed by atoms with E-state index in [1.165, 1.54) is 19.1 Å². The number of esters is 1. The Labute approximate surface area is 174 Å². The van der Waals surface area contributed by atoms with Crippen molar-refractivity contribution in [2.45, 2.75) is 33.3 Å². The lowest BCUT2D eigenvalue weighted by Gasteiger charge is -2.19. The Hall–Kier alpha value is -3.68. The van der Waals surface area contributed by atoms with Crippen molar-refractivity contribution < 1.29 is 28.7 Å². The van der Waals surface area contributed by atoms with Crippen LogP contribution in [0.15, 0.2) is 48.5 Å². The molecule has 0 heterocycles. The van der Waals surface area contributed by atoms with Gasteiger partial charge in [-0.2, -0.15) is 0 Å². The monoisotopic (exact) mass is 412 g/mol. The minimum absolute atomic E-state index is 0.0785. The summed E-state index contributed by atoms with van der Waals surface area (Å²) in [5.41, 5.74) is 0.875. The van der Waals surface area contributed by atoms with Crippen LogP contribution < -0.4 is 10.6 Å². The predicted octanol–water partition coefficient (Wildman–Crippen LogP) is 4.03. The number of carbonyl (C=O) groups is 4. The highest BCUT2D eigenvalue weighted by Crippen LogP contribution is 2.15. The van der Waals surface area contributed by atoms with Crippen LogP contribution >= 0.6 is 0 Å². The van der Waals surface area contributed by atoms with Gasteiger partial charge in [0.25, 0.3) is 5.91 Å². The molecule has 2 aromatic rings. The molecule has 2 rings (SSSR count). The first kappa shape index (κ1) is 22.6. The topological polar surface area (TPSA) is 111 Å². The van der Waals surface area contributed by atoms with Gasteiger partial charge in [-0.05, 0) is 70.2 Å². The van der Waals surface area contributed by atoms with Crippen molar-refractivity contribution in [2.24, 2.45) is 0 Å². The number of hydrogen-bond donors (Lipinski definition) is 2. The van der Waals surface area contributed by atoms with Crippen LogP contribution in [0.3, 0.4) is 0 Å². The largest absolute Gasteiger partial charge is 0.452 e. The summed E-state index contributed by atoms with van der Waals surface area (Å²) in [4.78, 5) is 47.3. The van der Waals surface area contributed by atoms with E-state index < -0.39 is 30.2 Å². The zero-order chi connectivity index (χ0) is 22.3. The average Bonchev–Trinajstić information content (AvgIpc) is 2.65. The Kier molecular flexibility index (Phi) is 7.30. The molecule has 30 heavy (non-hydrogen) atoms. The van der Waals surface area contributed by atoms with Gasteiger partial charge < -0.3 is 14.8 Å². The zero-order valence-electron chi connectivity index (χ0n) is 17.3. The van der Waals surface area contributed by atoms with Crippen LogP contribution in [0.2, 0.25) is 0 Å². The minimum atomic E-state index is -0.718. The predicted molar refractivity (Wildman–Crippen MR) is 112 cm³/mol. The van der Waals surface area contributed by atoms with E-state index in [2.05, 4.69) is 10.6 Å². The molecule has 0 aliphatic carbocycles. The summed E-state index contributed by atoms with van der Waals surface area (Å²) in [6, 6.07) is 12.4. The van der Waals surface area contributed by atoms with E-state index in [1.54, 1.807) is 57.2 Å². The highest BCUT2D eigenvalue weighted by molar-refractivity contribution is 5.97. The van der Waals surface area contributed by atoms with Gasteiger partial charge in [0.2, 0.25) is 0 Å². The molecule has 2 aromatic carbocycles. The molecular formula is C22H24N2O6. The van der Waals surface area contributed by atoms with E-state index in [0.717, 1.165) is 0 Å². The lowest BCUT2D eigenvalue weighted by Crippen LogP contribution is -2.27. The first-order chi connectivity index (χ1) is 14.0. The molecule has 0 aliphatic heterocycles. The van der Waals surface area contributed by atoms with Gasteiger partial charge in [-0.15, -0.1) is 0 Å². The van der Waals surface area contributed by atoms with Crippen molar-refractivity contribution in [3.8, 4) is 0 Å². The SMILES string of the molecule is CC(=O)c1ccc(NC(=O)COC(=O)c2cccc(NC(=O)OC(C)(C)C)c2)cc1. The third-order valence-corrected chi connectivity index (χ3v) is 3.65. The molecule has 0 spiro atoms. The number of rotatable bonds is 6. The van der Waals surface area contributed by atoms with Crippen LogP contribution in [-0.4, -0.2) is 36.0 Å². The second-order valence-corrected chi connectivity index (χ2v) is 7.47. The molecule has 0 aliphatic rings. The number of carbonyl (C=O) groups excluding carboxylic acids is 4. The Morgan fingerprint density at radius 1 is 0.867 bits per heavy atom. The van der Waals surface area contributed by atoms with Crippen LogP contribution in [-0.2, 0) is 14.3 Å². The lowest BCUT2D eigenvalue weighted by atomic mass is 10.1. The number of Topliss-reactive ketones (excluding diaryl/α,β-unsaturated/α-hetero) is 1. The van der Waals surface area contributed by atoms with Crippen LogP contribution in [0.5, 0.6) is 0 Å². The zero-order valence-corrected chi connectivity index (χ0v) is 17.3. The van der Waals surface area contributed by atoms with Gasteiger partial charge in [-0.1, -0.05) is 6.07 Å². The number of hydrogen-bond acceptors (Lipinski definition) is 6. The van der Waals surface area contributed by atoms with Crippen LogP contribution in [0.25, 0.3) is 0 Å². The van der Waals surface area contributed by atoms with E-state index in [0.29, 0.717) is 16.9 Å². The van der Waals surface area contributed by atoms with Crippen molar-refractivity contribution in [1.29, 1.82) is 0 Å². The van der Waals surface area contributed by atoms with Crippen LogP contribution in [0.4, 0.5) is 16.2 Å². The van der Waals surface area contributed by atoms with Gasteiger partial charge in [0, 0.05) is 16.9 Å². The summed E-state index contributed by atoms with van der Waals surface area (Å²) in [6.07, 6.45) is -0.650. The van der Waals surface area contributed by atoms with Crippen molar-refractivity contribution >= 4 is 35.1 Å². The highest BCUT2D eigenvalue weighted by atomic mass is 16.6. The molecule has 0 saturated heterocycles. The molecule has 0 radical (unpaired) electrons. The summed E-state index contributed by atoms with van der Waals surface area (Å²) in [7, 11) is 0. The molecule has 0 saturated carbocycles. The Morgan fingerprint density at radius 3 is 2.13 bits per heavy atom. The lowest BCUT2D eigenvalue weighted by molar-refractivity contribution is -0.119. The number of benzene rings is 2. The smallest absolute Gasteiger partial charge is 0.412 e. The van der Waals surface area contributed by atoms with E-state index >= 15 is 0 Å². The third-order valence-electron chi connectivity index (χ3n) is 3.65. The number of amides is 2. The average molecular weight is 412 g/mol. The summed E-state index contributed by atoms with van der Waals surface area (Å²) in [6.45, 7) is 6.18. The van der Waals surface area contributed by atoms with Gasteiger partial charge in [0.05, 0.1) is 5.56 Å². The Morgan fingerprint density at radius 2 is 1.53 bits per heavy atom. The van der Waals surface area contributed by atoms with Gasteiger partial charge in [0.15, 0.2) is 12.4 Å². The minimum Gasteiger partial charge on any atom is -0.452 e. The summed E-state index contributed by atoms with van der Waals surface area (Å²) in [5, 5.41) is 5.10. The fourth-order valence-electron chi connectivity index (χ4n) is 2.35. The number of anilines is 2. The molecule has 8 heteroatoms.